The van der Waals surface area contributed by atoms with Gasteiger partial charge in [0, 0.05) is 17.1 Å². The Hall–Kier alpha value is -1.88. The van der Waals surface area contributed by atoms with E-state index in [1.54, 1.807) is 0 Å². The van der Waals surface area contributed by atoms with E-state index < -0.39 is 0 Å². The van der Waals surface area contributed by atoms with Crippen molar-refractivity contribution in [2.75, 3.05) is 12.9 Å². The van der Waals surface area contributed by atoms with Crippen LogP contribution in [0.4, 0.5) is 0 Å². The van der Waals surface area contributed by atoms with Gasteiger partial charge in [-0.25, -0.2) is 9.97 Å². The number of methoxy groups -OCH3 is 1. The summed E-state index contributed by atoms with van der Waals surface area (Å²) < 4.78 is 4.91. The minimum absolute atomic E-state index is 0.238. The summed E-state index contributed by atoms with van der Waals surface area (Å²) in [5, 5.41) is 0.692. The topological polar surface area (TPSA) is 52.1 Å². The Labute approximate surface area is 129 Å². The lowest BCUT2D eigenvalue weighted by molar-refractivity contribution is -0.141. The molecule has 5 heteroatoms. The van der Waals surface area contributed by atoms with Crippen molar-refractivity contribution in [2.45, 2.75) is 24.9 Å². The molecular formula is C16H18N2O2S. The van der Waals surface area contributed by atoms with Crippen molar-refractivity contribution in [3.8, 4) is 0 Å². The second kappa shape index (κ2) is 7.22. The Morgan fingerprint density at radius 3 is 2.38 bits per heavy atom. The lowest BCUT2D eigenvalue weighted by Gasteiger charge is -2.14. The molecule has 0 radical (unpaired) electrons. The average Bonchev–Trinajstić information content (AvgIpc) is 2.47. The van der Waals surface area contributed by atoms with Crippen molar-refractivity contribution < 1.29 is 9.53 Å². The van der Waals surface area contributed by atoms with Gasteiger partial charge in [0.05, 0.1) is 13.0 Å². The smallest absolute Gasteiger partial charge is 0.313 e. The second-order valence-electron chi connectivity index (χ2n) is 4.73. The second-order valence-corrected chi connectivity index (χ2v) is 5.72. The summed E-state index contributed by atoms with van der Waals surface area (Å²) in [5.74, 6) is 0.00300. The third kappa shape index (κ3) is 4.29. The lowest BCUT2D eigenvalue weighted by Crippen LogP contribution is -2.16. The molecule has 0 aliphatic carbocycles. The predicted octanol–water partition coefficient (Wildman–Crippen LogP) is 3.14. The summed E-state index contributed by atoms with van der Waals surface area (Å²) in [5.41, 5.74) is 2.81. The normalized spacial score (nSPS) is 12.0. The molecule has 0 saturated heterocycles. The van der Waals surface area contributed by atoms with E-state index in [1.165, 1.54) is 18.9 Å². The summed E-state index contributed by atoms with van der Waals surface area (Å²) in [6, 6.07) is 11.6. The Bertz CT molecular complexity index is 597. The lowest BCUT2D eigenvalue weighted by atomic mass is 10.0. The molecule has 0 N–H and O–H groups in total. The number of hydrogen-bond acceptors (Lipinski definition) is 5. The van der Waals surface area contributed by atoms with Gasteiger partial charge in [0.25, 0.3) is 0 Å². The molecule has 0 saturated carbocycles. The number of esters is 1. The highest BCUT2D eigenvalue weighted by Crippen LogP contribution is 2.25. The summed E-state index contributed by atoms with van der Waals surface area (Å²) in [6.45, 7) is 3.88. The Kier molecular flexibility index (Phi) is 5.33. The molecule has 0 bridgehead atoms. The molecule has 1 aromatic carbocycles. The zero-order valence-corrected chi connectivity index (χ0v) is 13.2. The molecule has 110 valence electrons. The van der Waals surface area contributed by atoms with Gasteiger partial charge in [0.1, 0.15) is 0 Å². The highest BCUT2D eigenvalue weighted by atomic mass is 32.2. The highest BCUT2D eigenvalue weighted by molar-refractivity contribution is 7.99. The Balaban J connectivity index is 2.14. The molecular weight excluding hydrogens is 284 g/mol. The molecule has 0 aliphatic heterocycles. The van der Waals surface area contributed by atoms with Crippen molar-refractivity contribution in [3.05, 3.63) is 53.3 Å². The third-order valence-corrected chi connectivity index (χ3v) is 3.97. The molecule has 0 spiro atoms. The third-order valence-electron chi connectivity index (χ3n) is 3.03. The van der Waals surface area contributed by atoms with E-state index in [2.05, 4.69) is 9.97 Å². The molecule has 1 aromatic heterocycles. The number of hydrogen-bond donors (Lipinski definition) is 0. The Morgan fingerprint density at radius 2 is 1.81 bits per heavy atom. The zero-order valence-electron chi connectivity index (χ0n) is 12.4. The minimum atomic E-state index is -0.314. The maximum absolute atomic E-state index is 12.0. The number of carbonyl (C=O) groups is 1. The summed E-state index contributed by atoms with van der Waals surface area (Å²) in [7, 11) is 1.41. The molecule has 0 amide bonds. The molecule has 1 atom stereocenters. The van der Waals surface area contributed by atoms with Crippen LogP contribution in [0.25, 0.3) is 0 Å². The van der Waals surface area contributed by atoms with Crippen LogP contribution >= 0.6 is 11.8 Å². The van der Waals surface area contributed by atoms with E-state index in [-0.39, 0.29) is 11.9 Å². The van der Waals surface area contributed by atoms with Crippen LogP contribution in [0.5, 0.6) is 0 Å². The number of rotatable bonds is 5. The first-order valence-electron chi connectivity index (χ1n) is 6.68. The van der Waals surface area contributed by atoms with Crippen LogP contribution in [0, 0.1) is 13.8 Å². The van der Waals surface area contributed by atoms with E-state index in [1.807, 2.05) is 50.2 Å². The first kappa shape index (κ1) is 15.5. The van der Waals surface area contributed by atoms with Gasteiger partial charge in [-0.05, 0) is 25.5 Å². The number of nitrogens with zero attached hydrogens (tertiary/aromatic N) is 2. The number of benzene rings is 1. The minimum Gasteiger partial charge on any atom is -0.469 e. The SMILES string of the molecule is COC(=O)C(CSc1nc(C)cc(C)n1)c1ccccc1. The van der Waals surface area contributed by atoms with Crippen LogP contribution in [0.15, 0.2) is 41.6 Å². The largest absolute Gasteiger partial charge is 0.469 e. The molecule has 0 aliphatic rings. The van der Waals surface area contributed by atoms with Gasteiger partial charge in [0.15, 0.2) is 5.16 Å². The number of carbonyl (C=O) groups excluding carboxylic acids is 1. The molecule has 1 heterocycles. The van der Waals surface area contributed by atoms with Crippen LogP contribution in [0.3, 0.4) is 0 Å². The molecule has 0 fully saturated rings. The number of aryl methyl sites for hydroxylation is 2. The van der Waals surface area contributed by atoms with Gasteiger partial charge in [-0.1, -0.05) is 42.1 Å². The quantitative estimate of drug-likeness (QED) is 0.482. The van der Waals surface area contributed by atoms with Gasteiger partial charge < -0.3 is 4.74 Å². The Morgan fingerprint density at radius 1 is 1.19 bits per heavy atom. The van der Waals surface area contributed by atoms with Crippen molar-refractivity contribution in [1.82, 2.24) is 9.97 Å². The van der Waals surface area contributed by atoms with Crippen molar-refractivity contribution in [3.63, 3.8) is 0 Å². The van der Waals surface area contributed by atoms with Gasteiger partial charge in [-0.3, -0.25) is 4.79 Å². The van der Waals surface area contributed by atoms with Crippen molar-refractivity contribution in [2.24, 2.45) is 0 Å². The van der Waals surface area contributed by atoms with E-state index in [0.29, 0.717) is 10.9 Å². The fourth-order valence-electron chi connectivity index (χ4n) is 2.04. The fraction of sp³-hybridized carbons (Fsp3) is 0.312. The molecule has 2 aromatic rings. The predicted molar refractivity (Wildman–Crippen MR) is 83.4 cm³/mol. The molecule has 2 rings (SSSR count). The number of aromatic nitrogens is 2. The first-order chi connectivity index (χ1) is 10.1. The van der Waals surface area contributed by atoms with Crippen LogP contribution in [0.1, 0.15) is 22.9 Å². The van der Waals surface area contributed by atoms with Crippen LogP contribution in [-0.2, 0) is 9.53 Å². The van der Waals surface area contributed by atoms with Gasteiger partial charge in [-0.15, -0.1) is 0 Å². The standard InChI is InChI=1S/C16H18N2O2S/c1-11-9-12(2)18-16(17-11)21-10-14(15(19)20-3)13-7-5-4-6-8-13/h4-9,14H,10H2,1-3H3. The van der Waals surface area contributed by atoms with Crippen LogP contribution in [0.2, 0.25) is 0 Å². The van der Waals surface area contributed by atoms with Crippen molar-refractivity contribution >= 4 is 17.7 Å². The summed E-state index contributed by atoms with van der Waals surface area (Å²) in [6.07, 6.45) is 0. The molecule has 4 nitrogen and oxygen atoms in total. The average molecular weight is 302 g/mol. The van der Waals surface area contributed by atoms with Gasteiger partial charge in [-0.2, -0.15) is 0 Å². The first-order valence-corrected chi connectivity index (χ1v) is 7.66. The van der Waals surface area contributed by atoms with E-state index in [4.69, 9.17) is 4.74 Å². The van der Waals surface area contributed by atoms with E-state index >= 15 is 0 Å². The van der Waals surface area contributed by atoms with Crippen LogP contribution in [-0.4, -0.2) is 28.8 Å². The maximum atomic E-state index is 12.0. The van der Waals surface area contributed by atoms with Gasteiger partial charge >= 0.3 is 5.97 Å². The van der Waals surface area contributed by atoms with Crippen molar-refractivity contribution in [1.29, 1.82) is 0 Å². The zero-order chi connectivity index (χ0) is 15.2. The maximum Gasteiger partial charge on any atom is 0.313 e. The van der Waals surface area contributed by atoms with E-state index in [9.17, 15) is 4.79 Å². The highest BCUT2D eigenvalue weighted by Gasteiger charge is 2.22. The van der Waals surface area contributed by atoms with Gasteiger partial charge in [0.2, 0.25) is 0 Å². The van der Waals surface area contributed by atoms with Crippen LogP contribution < -0.4 is 0 Å². The number of ether oxygens (including phenoxy) is 1. The molecule has 1 unspecified atom stereocenters. The summed E-state index contributed by atoms with van der Waals surface area (Å²) in [4.78, 5) is 20.8. The fourth-order valence-corrected chi connectivity index (χ4v) is 3.11. The number of thioether (sulfide) groups is 1. The van der Waals surface area contributed by atoms with E-state index in [0.717, 1.165) is 17.0 Å². The monoisotopic (exact) mass is 302 g/mol. The molecule has 21 heavy (non-hydrogen) atoms. The summed E-state index contributed by atoms with van der Waals surface area (Å²) >= 11 is 1.47.